The van der Waals surface area contributed by atoms with Gasteiger partial charge in [-0.3, -0.25) is 23.4 Å². The van der Waals surface area contributed by atoms with Gasteiger partial charge >= 0.3 is 0 Å². The Kier molecular flexibility index (Phi) is 7.75. The number of nitrogens with zero attached hydrogens (tertiary/aromatic N) is 1. The first kappa shape index (κ1) is 29.9. The zero-order valence-corrected chi connectivity index (χ0v) is 24.7. The maximum absolute atomic E-state index is 14.4. The SMILES string of the molecule is CC(C)(C)CCC1(NC(=O)CCl)C(=O)C(C2=NS(O)(O)c3cc(NS(C)(=O)=O)ccc3N2)=C(O)c2ccccc21. The molecule has 0 aromatic heterocycles. The van der Waals surface area contributed by atoms with Crippen LogP contribution in [0, 0.1) is 5.41 Å². The van der Waals surface area contributed by atoms with E-state index < -0.39 is 49.7 Å². The minimum Gasteiger partial charge on any atom is -0.506 e. The van der Waals surface area contributed by atoms with Gasteiger partial charge < -0.3 is 15.7 Å². The van der Waals surface area contributed by atoms with E-state index >= 15 is 0 Å². The molecule has 1 heterocycles. The lowest BCUT2D eigenvalue weighted by Crippen LogP contribution is -2.56. The Morgan fingerprint density at radius 2 is 1.85 bits per heavy atom. The first-order valence-electron chi connectivity index (χ1n) is 12.2. The second-order valence-electron chi connectivity index (χ2n) is 10.9. The van der Waals surface area contributed by atoms with Crippen LogP contribution in [0.25, 0.3) is 5.76 Å². The number of aliphatic hydroxyl groups is 1. The third-order valence-electron chi connectivity index (χ3n) is 6.51. The number of halogens is 1. The number of Topliss-reactive ketones (excluding diaryl/α,β-unsaturated/α-hetero) is 1. The van der Waals surface area contributed by atoms with E-state index in [9.17, 15) is 32.2 Å². The van der Waals surface area contributed by atoms with Crippen LogP contribution in [0.4, 0.5) is 11.4 Å². The number of ketones is 1. The molecule has 216 valence electrons. The Morgan fingerprint density at radius 3 is 2.48 bits per heavy atom. The van der Waals surface area contributed by atoms with E-state index in [0.29, 0.717) is 12.0 Å². The molecule has 2 aromatic rings. The van der Waals surface area contributed by atoms with Gasteiger partial charge in [-0.25, -0.2) is 8.42 Å². The highest BCUT2D eigenvalue weighted by Gasteiger charge is 2.51. The maximum Gasteiger partial charge on any atom is 0.235 e. The summed E-state index contributed by atoms with van der Waals surface area (Å²) in [4.78, 5) is 27.0. The number of amidine groups is 1. The Bertz CT molecular complexity index is 1560. The van der Waals surface area contributed by atoms with Crippen LogP contribution < -0.4 is 15.4 Å². The fourth-order valence-electron chi connectivity index (χ4n) is 4.69. The van der Waals surface area contributed by atoms with Gasteiger partial charge in [-0.15, -0.1) is 16.0 Å². The summed E-state index contributed by atoms with van der Waals surface area (Å²) in [6, 6.07) is 10.6. The highest BCUT2D eigenvalue weighted by atomic mass is 35.5. The van der Waals surface area contributed by atoms with Crippen LogP contribution in [0.2, 0.25) is 0 Å². The molecule has 1 unspecified atom stereocenters. The minimum atomic E-state index is -3.96. The summed E-state index contributed by atoms with van der Waals surface area (Å²) in [6.45, 7) is 5.97. The average molecular weight is 611 g/mol. The molecule has 1 amide bonds. The van der Waals surface area contributed by atoms with E-state index in [2.05, 4.69) is 19.8 Å². The van der Waals surface area contributed by atoms with Gasteiger partial charge in [0.25, 0.3) is 0 Å². The van der Waals surface area contributed by atoms with Crippen molar-refractivity contribution in [2.24, 2.45) is 9.81 Å². The molecule has 0 saturated carbocycles. The van der Waals surface area contributed by atoms with Crippen LogP contribution in [-0.2, 0) is 25.2 Å². The number of aliphatic hydroxyl groups excluding tert-OH is 1. The molecule has 6 N–H and O–H groups in total. The van der Waals surface area contributed by atoms with Gasteiger partial charge in [0, 0.05) is 5.56 Å². The predicted molar refractivity (Wildman–Crippen MR) is 157 cm³/mol. The Labute approximate surface area is 239 Å². The van der Waals surface area contributed by atoms with Gasteiger partial charge in [0.1, 0.15) is 27.6 Å². The Hall–Kier alpha value is -3.10. The fraction of sp³-hybridized carbons (Fsp3) is 0.346. The van der Waals surface area contributed by atoms with Gasteiger partial charge in [0.05, 0.1) is 17.6 Å². The molecule has 1 aliphatic carbocycles. The van der Waals surface area contributed by atoms with Crippen LogP contribution in [0.5, 0.6) is 0 Å². The molecule has 0 saturated heterocycles. The number of nitrogens with one attached hydrogen (secondary N) is 3. The first-order valence-corrected chi connectivity index (χ1v) is 16.1. The third kappa shape index (κ3) is 5.84. The summed E-state index contributed by atoms with van der Waals surface area (Å²) in [5.74, 6) is -2.47. The molecule has 2 aromatic carbocycles. The van der Waals surface area contributed by atoms with Crippen molar-refractivity contribution in [1.82, 2.24) is 5.32 Å². The van der Waals surface area contributed by atoms with Gasteiger partial charge in [-0.05, 0) is 42.0 Å². The Balaban J connectivity index is 1.89. The second-order valence-corrected chi connectivity index (χ2v) is 14.6. The van der Waals surface area contributed by atoms with Crippen molar-refractivity contribution >= 4 is 67.1 Å². The van der Waals surface area contributed by atoms with E-state index in [-0.39, 0.29) is 45.1 Å². The third-order valence-corrected chi connectivity index (χ3v) is 8.72. The average Bonchev–Trinajstić information content (AvgIpc) is 2.84. The number of carbonyl (C=O) groups excluding carboxylic acids is 2. The summed E-state index contributed by atoms with van der Waals surface area (Å²) in [5, 5.41) is 17.0. The summed E-state index contributed by atoms with van der Waals surface area (Å²) >= 11 is 5.83. The number of amides is 1. The number of rotatable bonds is 7. The standard InChI is InChI=1S/C26H31ClN4O7S2/c1-25(2,3)11-12-26(29-20(32)14-27)17-8-6-5-7-16(17)22(33)21(23(26)34)24-28-18-10-9-15(30-39(4,35)36)13-19(18)40(37,38)31-24/h5-10,13,30,33,37-38H,11-12,14H2,1-4H3,(H,28,31)(H,29,32). The number of fused-ring (bicyclic) bond motifs is 2. The van der Waals surface area contributed by atoms with Gasteiger partial charge in [-0.1, -0.05) is 55.8 Å². The van der Waals surface area contributed by atoms with E-state index in [1.54, 1.807) is 24.3 Å². The van der Waals surface area contributed by atoms with Crippen molar-refractivity contribution in [2.45, 2.75) is 44.0 Å². The minimum absolute atomic E-state index is 0.0800. The van der Waals surface area contributed by atoms with E-state index in [4.69, 9.17) is 11.6 Å². The highest BCUT2D eigenvalue weighted by Crippen LogP contribution is 2.57. The van der Waals surface area contributed by atoms with Crippen molar-refractivity contribution in [1.29, 1.82) is 0 Å². The van der Waals surface area contributed by atoms with E-state index in [1.165, 1.54) is 18.2 Å². The first-order chi connectivity index (χ1) is 18.5. The van der Waals surface area contributed by atoms with E-state index in [0.717, 1.165) is 6.26 Å². The number of alkyl halides is 1. The normalized spacial score (nSPS) is 21.0. The number of anilines is 2. The number of hydrogen-bond acceptors (Lipinski definition) is 9. The molecule has 2 aliphatic rings. The largest absolute Gasteiger partial charge is 0.506 e. The molecule has 1 aliphatic heterocycles. The molecular formula is C26H31ClN4O7S2. The van der Waals surface area contributed by atoms with Gasteiger partial charge in [0.15, 0.2) is 11.6 Å². The topological polar surface area (TPSA) is 177 Å². The molecule has 0 spiro atoms. The number of carbonyl (C=O) groups is 2. The summed E-state index contributed by atoms with van der Waals surface area (Å²) in [6.07, 6.45) is 1.61. The summed E-state index contributed by atoms with van der Waals surface area (Å²) < 4.78 is 51.5. The molecule has 0 fully saturated rings. The lowest BCUT2D eigenvalue weighted by atomic mass is 9.69. The maximum atomic E-state index is 14.4. The lowest BCUT2D eigenvalue weighted by Gasteiger charge is -2.41. The monoisotopic (exact) mass is 610 g/mol. The van der Waals surface area contributed by atoms with E-state index in [1.807, 2.05) is 20.8 Å². The summed E-state index contributed by atoms with van der Waals surface area (Å²) in [7, 11) is -7.60. The van der Waals surface area contributed by atoms with Crippen LogP contribution >= 0.6 is 22.4 Å². The molecule has 0 radical (unpaired) electrons. The molecular weight excluding hydrogens is 580 g/mol. The fourth-order valence-corrected chi connectivity index (χ4v) is 6.50. The van der Waals surface area contributed by atoms with Crippen molar-refractivity contribution in [3.63, 3.8) is 0 Å². The number of benzene rings is 2. The van der Waals surface area contributed by atoms with Crippen LogP contribution in [0.3, 0.4) is 0 Å². The second kappa shape index (κ2) is 10.4. The summed E-state index contributed by atoms with van der Waals surface area (Å²) in [5.41, 5.74) is -1.34. The van der Waals surface area contributed by atoms with Crippen molar-refractivity contribution in [2.75, 3.05) is 22.2 Å². The van der Waals surface area contributed by atoms with Crippen molar-refractivity contribution < 1.29 is 32.2 Å². The molecule has 1 atom stereocenters. The molecule has 14 heteroatoms. The van der Waals surface area contributed by atoms with Crippen LogP contribution in [-0.4, -0.2) is 52.3 Å². The number of sulfonamides is 1. The Morgan fingerprint density at radius 1 is 1.18 bits per heavy atom. The van der Waals surface area contributed by atoms with Gasteiger partial charge in [-0.2, -0.15) is 0 Å². The smallest absolute Gasteiger partial charge is 0.235 e. The predicted octanol–water partition coefficient (Wildman–Crippen LogP) is 4.84. The quantitative estimate of drug-likeness (QED) is 0.241. The van der Waals surface area contributed by atoms with Crippen LogP contribution in [0.1, 0.15) is 44.7 Å². The lowest BCUT2D eigenvalue weighted by molar-refractivity contribution is -0.129. The molecule has 11 nitrogen and oxygen atoms in total. The zero-order chi connectivity index (χ0) is 29.7. The number of hydrogen-bond donors (Lipinski definition) is 6. The zero-order valence-electron chi connectivity index (χ0n) is 22.3. The van der Waals surface area contributed by atoms with Crippen molar-refractivity contribution in [3.05, 3.63) is 59.2 Å². The van der Waals surface area contributed by atoms with Crippen molar-refractivity contribution in [3.8, 4) is 0 Å². The van der Waals surface area contributed by atoms with Crippen LogP contribution in [0.15, 0.2) is 57.3 Å². The highest BCUT2D eigenvalue weighted by molar-refractivity contribution is 8.23. The molecule has 4 rings (SSSR count). The van der Waals surface area contributed by atoms with Gasteiger partial charge in [0.2, 0.25) is 15.9 Å². The molecule has 40 heavy (non-hydrogen) atoms. The molecule has 0 bridgehead atoms.